The van der Waals surface area contributed by atoms with Gasteiger partial charge in [0.2, 0.25) is 0 Å². The van der Waals surface area contributed by atoms with Gasteiger partial charge in [-0.2, -0.15) is 0 Å². The summed E-state index contributed by atoms with van der Waals surface area (Å²) in [5.74, 6) is -0.663. The Morgan fingerprint density at radius 2 is 2.00 bits per heavy atom. The second kappa shape index (κ2) is 4.93. The van der Waals surface area contributed by atoms with E-state index in [4.69, 9.17) is 4.74 Å². The summed E-state index contributed by atoms with van der Waals surface area (Å²) in [5, 5.41) is 20.0. The van der Waals surface area contributed by atoms with Crippen molar-refractivity contribution in [1.29, 1.82) is 0 Å². The van der Waals surface area contributed by atoms with Crippen LogP contribution in [0.15, 0.2) is 36.4 Å². The number of hydrogen-bond acceptors (Lipinski definition) is 4. The molecule has 0 aromatic heterocycles. The topological polar surface area (TPSA) is 72.6 Å². The first kappa shape index (κ1) is 12.8. The Hall–Kier alpha value is -2.63. The third-order valence-electron chi connectivity index (χ3n) is 2.60. The van der Waals surface area contributed by atoms with Gasteiger partial charge in [-0.3, -0.25) is 10.1 Å². The third-order valence-corrected chi connectivity index (χ3v) is 2.60. The highest BCUT2D eigenvalue weighted by molar-refractivity contribution is 5.46. The maximum Gasteiger partial charge on any atom is 0.272 e. The second-order valence-corrected chi connectivity index (χ2v) is 3.87. The van der Waals surface area contributed by atoms with Gasteiger partial charge in [0.15, 0.2) is 11.6 Å². The summed E-state index contributed by atoms with van der Waals surface area (Å²) in [6.45, 7) is 1.62. The zero-order valence-electron chi connectivity index (χ0n) is 9.96. The number of aromatic hydroxyl groups is 1. The molecule has 5 nitrogen and oxygen atoms in total. The predicted molar refractivity (Wildman–Crippen MR) is 66.0 cm³/mol. The van der Waals surface area contributed by atoms with E-state index in [9.17, 15) is 19.6 Å². The van der Waals surface area contributed by atoms with E-state index in [1.54, 1.807) is 19.1 Å². The normalized spacial score (nSPS) is 10.2. The molecule has 0 aliphatic rings. The lowest BCUT2D eigenvalue weighted by Gasteiger charge is -2.10. The fourth-order valence-corrected chi connectivity index (χ4v) is 1.52. The van der Waals surface area contributed by atoms with Crippen molar-refractivity contribution in [2.24, 2.45) is 0 Å². The van der Waals surface area contributed by atoms with Gasteiger partial charge < -0.3 is 9.84 Å². The molecule has 2 aromatic carbocycles. The zero-order valence-corrected chi connectivity index (χ0v) is 9.96. The van der Waals surface area contributed by atoms with Crippen molar-refractivity contribution in [3.05, 3.63) is 57.9 Å². The predicted octanol–water partition coefficient (Wildman–Crippen LogP) is 3.54. The lowest BCUT2D eigenvalue weighted by molar-refractivity contribution is -0.385. The monoisotopic (exact) mass is 263 g/mol. The van der Waals surface area contributed by atoms with Crippen molar-refractivity contribution >= 4 is 5.69 Å². The van der Waals surface area contributed by atoms with Crippen LogP contribution < -0.4 is 4.74 Å². The summed E-state index contributed by atoms with van der Waals surface area (Å²) in [4.78, 5) is 9.80. The molecule has 2 aromatic rings. The summed E-state index contributed by atoms with van der Waals surface area (Å²) in [7, 11) is 0. The minimum atomic E-state index is -0.836. The van der Waals surface area contributed by atoms with E-state index in [1.807, 2.05) is 0 Å². The Kier molecular flexibility index (Phi) is 3.33. The number of benzene rings is 2. The highest BCUT2D eigenvalue weighted by Gasteiger charge is 2.13. The molecule has 0 radical (unpaired) electrons. The van der Waals surface area contributed by atoms with Crippen LogP contribution in [0.3, 0.4) is 0 Å². The van der Waals surface area contributed by atoms with Gasteiger partial charge in [-0.15, -0.1) is 0 Å². The first-order valence-corrected chi connectivity index (χ1v) is 5.39. The molecule has 0 spiro atoms. The Balaban J connectivity index is 2.34. The van der Waals surface area contributed by atoms with Crippen LogP contribution in [-0.4, -0.2) is 10.0 Å². The number of non-ortho nitro benzene ring substituents is 1. The minimum Gasteiger partial charge on any atom is -0.508 e. The van der Waals surface area contributed by atoms with Gasteiger partial charge in [0.1, 0.15) is 11.5 Å². The van der Waals surface area contributed by atoms with Gasteiger partial charge >= 0.3 is 0 Å². The van der Waals surface area contributed by atoms with Gasteiger partial charge in [0.25, 0.3) is 5.69 Å². The van der Waals surface area contributed by atoms with E-state index in [0.717, 1.165) is 12.1 Å². The molecule has 0 saturated carbocycles. The number of phenols is 1. The van der Waals surface area contributed by atoms with Crippen LogP contribution in [-0.2, 0) is 0 Å². The molecule has 0 amide bonds. The van der Waals surface area contributed by atoms with E-state index in [1.165, 1.54) is 12.1 Å². The summed E-state index contributed by atoms with van der Waals surface area (Å²) in [5.41, 5.74) is 0.109. The highest BCUT2D eigenvalue weighted by atomic mass is 19.1. The van der Waals surface area contributed by atoms with Crippen molar-refractivity contribution < 1.29 is 19.2 Å². The van der Waals surface area contributed by atoms with Gasteiger partial charge in [-0.1, -0.05) is 6.07 Å². The number of ether oxygens (including phenoxy) is 1. The fourth-order valence-electron chi connectivity index (χ4n) is 1.52. The van der Waals surface area contributed by atoms with E-state index >= 15 is 0 Å². The molecule has 0 heterocycles. The quantitative estimate of drug-likeness (QED) is 0.679. The van der Waals surface area contributed by atoms with Crippen molar-refractivity contribution in [3.8, 4) is 17.2 Å². The molecule has 6 heteroatoms. The summed E-state index contributed by atoms with van der Waals surface area (Å²) in [6, 6.07) is 7.71. The lowest BCUT2D eigenvalue weighted by atomic mass is 10.2. The fraction of sp³-hybridized carbons (Fsp3) is 0.0769. The summed E-state index contributed by atoms with van der Waals surface area (Å²) in [6.07, 6.45) is 0. The van der Waals surface area contributed by atoms with E-state index in [-0.39, 0.29) is 22.9 Å². The molecular weight excluding hydrogens is 253 g/mol. The van der Waals surface area contributed by atoms with E-state index < -0.39 is 10.7 Å². The van der Waals surface area contributed by atoms with Crippen LogP contribution in [0.2, 0.25) is 0 Å². The average Bonchev–Trinajstić information content (AvgIpc) is 2.37. The third kappa shape index (κ3) is 2.62. The maximum atomic E-state index is 13.6. The Morgan fingerprint density at radius 3 is 2.63 bits per heavy atom. The molecule has 0 aliphatic carbocycles. The maximum absolute atomic E-state index is 13.6. The summed E-state index contributed by atoms with van der Waals surface area (Å²) < 4.78 is 18.9. The van der Waals surface area contributed by atoms with Crippen molar-refractivity contribution in [2.75, 3.05) is 0 Å². The number of phenolic OH excluding ortho intramolecular Hbond substituents is 1. The van der Waals surface area contributed by atoms with Crippen LogP contribution in [0.4, 0.5) is 10.1 Å². The van der Waals surface area contributed by atoms with Gasteiger partial charge in [-0.05, 0) is 25.1 Å². The molecule has 0 aliphatic heterocycles. The Labute approximate surface area is 108 Å². The first-order chi connectivity index (χ1) is 8.99. The van der Waals surface area contributed by atoms with Crippen LogP contribution in [0.25, 0.3) is 0 Å². The Morgan fingerprint density at radius 1 is 1.26 bits per heavy atom. The number of rotatable bonds is 3. The van der Waals surface area contributed by atoms with E-state index in [2.05, 4.69) is 0 Å². The van der Waals surface area contributed by atoms with E-state index in [0.29, 0.717) is 5.56 Å². The van der Waals surface area contributed by atoms with Crippen LogP contribution in [0.1, 0.15) is 5.56 Å². The SMILES string of the molecule is Cc1c(O)cccc1Oc1ccc([N+](=O)[O-])cc1F. The second-order valence-electron chi connectivity index (χ2n) is 3.87. The standard InChI is InChI=1S/C13H10FNO4/c1-8-11(16)3-2-4-12(8)19-13-6-5-9(15(17)18)7-10(13)14/h2-7,16H,1H3. The smallest absolute Gasteiger partial charge is 0.272 e. The van der Waals surface area contributed by atoms with Gasteiger partial charge in [0, 0.05) is 11.6 Å². The van der Waals surface area contributed by atoms with Crippen molar-refractivity contribution in [2.45, 2.75) is 6.92 Å². The number of halogens is 1. The molecule has 0 unspecified atom stereocenters. The number of nitrogens with zero attached hydrogens (tertiary/aromatic N) is 1. The van der Waals surface area contributed by atoms with Crippen LogP contribution in [0.5, 0.6) is 17.2 Å². The van der Waals surface area contributed by atoms with Gasteiger partial charge in [-0.25, -0.2) is 4.39 Å². The van der Waals surface area contributed by atoms with Crippen molar-refractivity contribution in [3.63, 3.8) is 0 Å². The lowest BCUT2D eigenvalue weighted by Crippen LogP contribution is -1.93. The Bertz CT molecular complexity index is 643. The minimum absolute atomic E-state index is 0.0276. The number of nitro benzene ring substituents is 1. The van der Waals surface area contributed by atoms with Crippen LogP contribution in [0, 0.1) is 22.9 Å². The molecule has 1 N–H and O–H groups in total. The molecule has 98 valence electrons. The van der Waals surface area contributed by atoms with Crippen LogP contribution >= 0.6 is 0 Å². The molecule has 0 fully saturated rings. The molecule has 0 bridgehead atoms. The number of hydrogen-bond donors (Lipinski definition) is 1. The molecular formula is C13H10FNO4. The molecule has 0 saturated heterocycles. The summed E-state index contributed by atoms with van der Waals surface area (Å²) >= 11 is 0. The zero-order chi connectivity index (χ0) is 14.0. The molecule has 2 rings (SSSR count). The highest BCUT2D eigenvalue weighted by Crippen LogP contribution is 2.32. The average molecular weight is 263 g/mol. The number of nitro groups is 1. The largest absolute Gasteiger partial charge is 0.508 e. The molecule has 19 heavy (non-hydrogen) atoms. The first-order valence-electron chi connectivity index (χ1n) is 5.39. The van der Waals surface area contributed by atoms with Gasteiger partial charge in [0.05, 0.1) is 11.0 Å². The molecule has 0 atom stereocenters. The van der Waals surface area contributed by atoms with Crippen molar-refractivity contribution in [1.82, 2.24) is 0 Å².